The molecule has 2 rings (SSSR count). The van der Waals surface area contributed by atoms with Gasteiger partial charge in [0.25, 0.3) is 0 Å². The summed E-state index contributed by atoms with van der Waals surface area (Å²) < 4.78 is 31.6. The van der Waals surface area contributed by atoms with Gasteiger partial charge in [-0.1, -0.05) is 44.2 Å². The van der Waals surface area contributed by atoms with Crippen molar-refractivity contribution in [2.45, 2.75) is 303 Å². The Hall–Kier alpha value is -10.7. The molecule has 117 heavy (non-hydrogen) atoms. The minimum Gasteiger partial charge on any atom is -0.467 e. The summed E-state index contributed by atoms with van der Waals surface area (Å²) in [5.74, 6) is -14.1. The number of carbonyl (C=O) groups excluding carboxylic acids is 17. The third-order valence-corrected chi connectivity index (χ3v) is 16.2. The van der Waals surface area contributed by atoms with Gasteiger partial charge in [0.15, 0.2) is 0 Å². The van der Waals surface area contributed by atoms with Gasteiger partial charge in [0.05, 0.1) is 19.3 Å². The second-order valence-electron chi connectivity index (χ2n) is 33.5. The van der Waals surface area contributed by atoms with Crippen LogP contribution in [0.15, 0.2) is 30.3 Å². The lowest BCUT2D eigenvalue weighted by Crippen LogP contribution is -2.61. The molecule has 1 fully saturated rings. The maximum Gasteiger partial charge on any atom is 0.407 e. The summed E-state index contributed by atoms with van der Waals surface area (Å²) in [5, 5.41) is 59.7. The fraction of sp³-hybridized carbons (Fsp3) is 0.701. The topological polar surface area (TPSA) is 566 Å². The van der Waals surface area contributed by atoms with E-state index >= 15 is 19.2 Å². The number of rotatable bonds is 31. The van der Waals surface area contributed by atoms with Crippen molar-refractivity contribution >= 4 is 101 Å². The predicted octanol–water partition coefficient (Wildman–Crippen LogP) is 0.139. The summed E-state index contributed by atoms with van der Waals surface area (Å²) in [6.45, 7) is 27.1. The van der Waals surface area contributed by atoms with Crippen LogP contribution in [0, 0.1) is 5.92 Å². The second-order valence-corrected chi connectivity index (χ2v) is 33.5. The standard InChI is InChI=1S/C77H127N15O25/c1-42(2)40-52-64(103)87-47(31-36-79-69(108)114-74(8,9)10)60(99)86-50(34-39-82-72(111)117-77(17,18)19)63(102)92-57(43(3)93)66(105)78-35-30-46(59(98)85-48(32-37-80-70(109)115-75(11,12)13)62(101)90-53(65(104)89-52)41-45-24-22-21-23-25-45)84-61(100)49(33-38-81-71(110)116-76(14,15)16)88-67(106)58(44(4)94)91-55(96)28-27-54(95)83-51(68(107)112-20)26-29-56(97)113-73(5,6)7/h21-25,42-44,46-53,57-58,93-94H,26-41H2,1-20H3,(H,78,105)(H,79,108)(H,80,109)(H,81,110)(H,82,111)(H,83,95)(H,84,100)(H,85,98)(H,86,99)(H,87,103)(H,88,106)(H,89,104)(H,90,101)(H,91,96)(H,92,102)/t43-,44-,46+,47-,48-,49-,50-,51-,52-,53-,57+,58-/m0/s1. The van der Waals surface area contributed by atoms with Crippen molar-refractivity contribution in [3.63, 3.8) is 0 Å². The van der Waals surface area contributed by atoms with Gasteiger partial charge in [-0.3, -0.25) is 57.5 Å². The number of alkyl carbamates (subject to hydrolysis) is 4. The van der Waals surface area contributed by atoms with E-state index in [0.717, 1.165) is 21.0 Å². The Kier molecular flexibility index (Phi) is 42.1. The van der Waals surface area contributed by atoms with Crippen LogP contribution in [0.4, 0.5) is 19.2 Å². The summed E-state index contributed by atoms with van der Waals surface area (Å²) in [5.41, 5.74) is -4.46. The van der Waals surface area contributed by atoms with Crippen LogP contribution < -0.4 is 79.8 Å². The predicted molar refractivity (Wildman–Crippen MR) is 422 cm³/mol. The van der Waals surface area contributed by atoms with Gasteiger partial charge in [0.2, 0.25) is 65.0 Å². The van der Waals surface area contributed by atoms with Gasteiger partial charge in [-0.2, -0.15) is 0 Å². The molecule has 40 nitrogen and oxygen atoms in total. The minimum atomic E-state index is -1.95. The summed E-state index contributed by atoms with van der Waals surface area (Å²) in [6, 6.07) is -9.25. The van der Waals surface area contributed by atoms with Crippen molar-refractivity contribution in [1.82, 2.24) is 79.8 Å². The van der Waals surface area contributed by atoms with E-state index in [1.165, 1.54) is 0 Å². The Morgan fingerprint density at radius 1 is 0.453 bits per heavy atom. The molecule has 1 heterocycles. The molecule has 0 spiro atoms. The van der Waals surface area contributed by atoms with E-state index in [0.29, 0.717) is 5.56 Å². The summed E-state index contributed by atoms with van der Waals surface area (Å²) in [4.78, 5) is 238. The van der Waals surface area contributed by atoms with Crippen molar-refractivity contribution in [2.75, 3.05) is 39.8 Å². The van der Waals surface area contributed by atoms with Crippen LogP contribution >= 0.6 is 0 Å². The number of esters is 2. The van der Waals surface area contributed by atoms with E-state index in [1.54, 1.807) is 148 Å². The number of aliphatic hydroxyl groups is 2. The van der Waals surface area contributed by atoms with Gasteiger partial charge in [0, 0.05) is 58.4 Å². The first-order chi connectivity index (χ1) is 54.0. The molecule has 1 aliphatic rings. The highest BCUT2D eigenvalue weighted by Crippen LogP contribution is 2.17. The number of hydrogen-bond donors (Lipinski definition) is 17. The van der Waals surface area contributed by atoms with Crippen LogP contribution in [-0.2, 0) is 97.2 Å². The first-order valence-corrected chi connectivity index (χ1v) is 38.9. The van der Waals surface area contributed by atoms with Crippen molar-refractivity contribution in [2.24, 2.45) is 5.92 Å². The van der Waals surface area contributed by atoms with Crippen molar-refractivity contribution in [1.29, 1.82) is 0 Å². The maximum absolute atomic E-state index is 15.3. The van der Waals surface area contributed by atoms with Gasteiger partial charge < -0.3 is 118 Å². The molecule has 1 aliphatic heterocycles. The van der Waals surface area contributed by atoms with Gasteiger partial charge in [-0.15, -0.1) is 0 Å². The number of ether oxygens (including phenoxy) is 6. The molecule has 17 N–H and O–H groups in total. The van der Waals surface area contributed by atoms with Gasteiger partial charge in [-0.25, -0.2) is 24.0 Å². The average Bonchev–Trinajstić information content (AvgIpc) is 1.26. The van der Waals surface area contributed by atoms with E-state index < -0.39 is 279 Å². The first-order valence-electron chi connectivity index (χ1n) is 38.9. The molecule has 0 saturated carbocycles. The van der Waals surface area contributed by atoms with Gasteiger partial charge >= 0.3 is 36.3 Å². The highest BCUT2D eigenvalue weighted by atomic mass is 16.6. The highest BCUT2D eigenvalue weighted by molar-refractivity contribution is 5.99. The molecule has 0 aromatic heterocycles. The summed E-state index contributed by atoms with van der Waals surface area (Å²) in [6.07, 6.45) is -12.3. The van der Waals surface area contributed by atoms with Gasteiger partial charge in [0.1, 0.15) is 88.4 Å². The molecule has 0 bridgehead atoms. The molecule has 1 aromatic carbocycles. The third kappa shape index (κ3) is 43.7. The van der Waals surface area contributed by atoms with Crippen LogP contribution in [0.5, 0.6) is 0 Å². The first kappa shape index (κ1) is 102. The van der Waals surface area contributed by atoms with E-state index in [4.69, 9.17) is 28.4 Å². The number of methoxy groups -OCH3 is 1. The number of benzene rings is 1. The lowest BCUT2D eigenvalue weighted by molar-refractivity contribution is -0.155. The third-order valence-electron chi connectivity index (χ3n) is 16.2. The fourth-order valence-corrected chi connectivity index (χ4v) is 10.8. The minimum absolute atomic E-state index is 0.130. The van der Waals surface area contributed by atoms with Crippen LogP contribution in [0.25, 0.3) is 0 Å². The van der Waals surface area contributed by atoms with Crippen LogP contribution in [0.1, 0.15) is 201 Å². The molecule has 660 valence electrons. The van der Waals surface area contributed by atoms with Crippen molar-refractivity contribution in [3.05, 3.63) is 35.9 Å². The fourth-order valence-electron chi connectivity index (χ4n) is 10.8. The highest BCUT2D eigenvalue weighted by Gasteiger charge is 2.39. The molecule has 1 aromatic rings. The molecule has 0 aliphatic carbocycles. The molecule has 12 atom stereocenters. The molecule has 0 unspecified atom stereocenters. The monoisotopic (exact) mass is 1660 g/mol. The quantitative estimate of drug-likeness (QED) is 0.0347. The normalized spacial score (nSPS) is 19.9. The lowest BCUT2D eigenvalue weighted by atomic mass is 10.00. The Morgan fingerprint density at radius 3 is 1.28 bits per heavy atom. The second kappa shape index (κ2) is 48.1. The molecular formula is C77H127N15O25. The molecule has 15 amide bonds. The van der Waals surface area contributed by atoms with Crippen LogP contribution in [0.3, 0.4) is 0 Å². The Labute approximate surface area is 683 Å². The SMILES string of the molecule is COC(=O)[C@H](CCC(=O)OC(C)(C)C)NC(=O)CCC(=O)N[C@H](C(=O)N[C@@H](CCNC(=O)OC(C)(C)C)C(=O)N[C@@H]1CCNC(=O)[C@@H]([C@H](C)O)NC(=O)[C@H](CCNC(=O)OC(C)(C)C)NC(=O)[C@H](CCNC(=O)OC(C)(C)C)NC(=O)[C@H](CC(C)C)NC(=O)[C@H](Cc2ccccc2)NC(=O)[C@H](CCNC(=O)OC(C)(C)C)NC1=O)[C@H](C)O. The van der Waals surface area contributed by atoms with Crippen LogP contribution in [-0.4, -0.2) is 252 Å². The maximum atomic E-state index is 15.3. The summed E-state index contributed by atoms with van der Waals surface area (Å²) in [7, 11) is 1.05. The van der Waals surface area contributed by atoms with Gasteiger partial charge in [-0.05, 0) is 174 Å². The number of hydrogen-bond acceptors (Lipinski definition) is 25. The van der Waals surface area contributed by atoms with Crippen LogP contribution in [0.2, 0.25) is 0 Å². The Morgan fingerprint density at radius 2 is 0.855 bits per heavy atom. The zero-order valence-corrected chi connectivity index (χ0v) is 71.0. The average molecular weight is 1660 g/mol. The number of nitrogens with one attached hydrogen (secondary N) is 15. The van der Waals surface area contributed by atoms with E-state index in [9.17, 15) is 72.5 Å². The molecule has 40 heteroatoms. The van der Waals surface area contributed by atoms with Crippen molar-refractivity contribution < 1.29 is 120 Å². The number of carbonyl (C=O) groups is 17. The molecule has 1 saturated heterocycles. The van der Waals surface area contributed by atoms with Crippen molar-refractivity contribution in [3.8, 4) is 0 Å². The Bertz CT molecular complexity index is 3550. The van der Waals surface area contributed by atoms with E-state index in [1.807, 2.05) is 0 Å². The smallest absolute Gasteiger partial charge is 0.407 e. The number of aliphatic hydroxyl groups excluding tert-OH is 2. The lowest BCUT2D eigenvalue weighted by Gasteiger charge is -2.29. The zero-order valence-electron chi connectivity index (χ0n) is 71.0. The largest absolute Gasteiger partial charge is 0.467 e. The number of amides is 15. The zero-order chi connectivity index (χ0) is 89.1. The summed E-state index contributed by atoms with van der Waals surface area (Å²) >= 11 is 0. The Balaban J connectivity index is 3.03. The van der Waals surface area contributed by atoms with E-state index in [-0.39, 0.29) is 32.2 Å². The molecule has 0 radical (unpaired) electrons. The molecular weight excluding hydrogens is 1530 g/mol. The van der Waals surface area contributed by atoms with E-state index in [2.05, 4.69) is 79.8 Å².